The maximum atomic E-state index is 12.5. The number of para-hydroxylation sites is 1. The quantitative estimate of drug-likeness (QED) is 0.0370. The minimum Gasteiger partial charge on any atom is -0.406 e. The summed E-state index contributed by atoms with van der Waals surface area (Å²) in [4.78, 5) is 21.2. The van der Waals surface area contributed by atoms with E-state index in [1.165, 1.54) is 77.9 Å². The maximum absolute atomic E-state index is 12.5. The van der Waals surface area contributed by atoms with Crippen LogP contribution in [-0.4, -0.2) is 84.4 Å². The molecular formula is C59H58F6N12O2S2. The summed E-state index contributed by atoms with van der Waals surface area (Å²) < 4.78 is 82.8. The van der Waals surface area contributed by atoms with Gasteiger partial charge in [-0.1, -0.05) is 130 Å². The Bertz CT molecular complexity index is 3340. The van der Waals surface area contributed by atoms with Crippen molar-refractivity contribution in [2.24, 2.45) is 57.8 Å². The van der Waals surface area contributed by atoms with Crippen LogP contribution in [0.4, 0.5) is 49.1 Å². The molecular weight excluding hydrogens is 1090 g/mol. The van der Waals surface area contributed by atoms with Gasteiger partial charge in [-0.15, -0.1) is 36.5 Å². The normalized spacial score (nSPS) is 17.1. The van der Waals surface area contributed by atoms with Gasteiger partial charge in [-0.2, -0.15) is 10.2 Å². The lowest BCUT2D eigenvalue weighted by Crippen LogP contribution is -2.40. The van der Waals surface area contributed by atoms with Crippen LogP contribution in [0.25, 0.3) is 0 Å². The van der Waals surface area contributed by atoms with E-state index in [1.54, 1.807) is 60.2 Å². The highest BCUT2D eigenvalue weighted by atomic mass is 32.2. The Kier molecular flexibility index (Phi) is 19.8. The lowest BCUT2D eigenvalue weighted by atomic mass is 9.93. The third-order valence-electron chi connectivity index (χ3n) is 12.6. The van der Waals surface area contributed by atoms with Gasteiger partial charge in [0.2, 0.25) is 0 Å². The predicted octanol–water partition coefficient (Wildman–Crippen LogP) is 14.0. The Hall–Kier alpha value is -8.24. The van der Waals surface area contributed by atoms with Crippen molar-refractivity contribution in [1.29, 1.82) is 0 Å². The maximum Gasteiger partial charge on any atom is 0.573 e. The molecule has 8 rings (SSSR count). The van der Waals surface area contributed by atoms with Crippen molar-refractivity contribution in [1.82, 2.24) is 0 Å². The Morgan fingerprint density at radius 1 is 0.605 bits per heavy atom. The van der Waals surface area contributed by atoms with Crippen molar-refractivity contribution < 1.29 is 35.8 Å². The second-order valence-corrected chi connectivity index (χ2v) is 21.3. The second-order valence-electron chi connectivity index (χ2n) is 19.2. The number of hydrogen-bond acceptors (Lipinski definition) is 10. The van der Waals surface area contributed by atoms with E-state index in [0.29, 0.717) is 22.5 Å². The largest absolute Gasteiger partial charge is 0.573 e. The van der Waals surface area contributed by atoms with Gasteiger partial charge in [0.1, 0.15) is 35.8 Å². The fraction of sp³-hybridized carbons (Fsp3) is 0.254. The van der Waals surface area contributed by atoms with Gasteiger partial charge in [0, 0.05) is 47.1 Å². The van der Waals surface area contributed by atoms with Crippen molar-refractivity contribution in [2.75, 3.05) is 34.4 Å². The number of nitrogens with two attached hydrogens (primary N) is 2. The van der Waals surface area contributed by atoms with Gasteiger partial charge < -0.3 is 30.7 Å². The van der Waals surface area contributed by atoms with E-state index < -0.39 is 12.7 Å². The van der Waals surface area contributed by atoms with Gasteiger partial charge in [0.25, 0.3) is 0 Å². The number of hydrogen-bond donors (Lipinski definition) is 2. The first-order valence-electron chi connectivity index (χ1n) is 25.7. The summed E-state index contributed by atoms with van der Waals surface area (Å²) >= 11 is 3.37. The number of benzene rings is 6. The molecule has 0 bridgehead atoms. The first kappa shape index (κ1) is 58.9. The highest BCUT2D eigenvalue weighted by molar-refractivity contribution is 8.14. The molecule has 1 unspecified atom stereocenters. The third kappa shape index (κ3) is 17.4. The third-order valence-corrected chi connectivity index (χ3v) is 14.8. The molecule has 2 aliphatic heterocycles. The van der Waals surface area contributed by atoms with Gasteiger partial charge in [0.15, 0.2) is 10.3 Å². The van der Waals surface area contributed by atoms with Gasteiger partial charge in [-0.05, 0) is 119 Å². The fourth-order valence-corrected chi connectivity index (χ4v) is 10.6. The second kappa shape index (κ2) is 27.3. The number of nitrogens with zero attached hydrogens (tertiary/aromatic N) is 10. The van der Waals surface area contributed by atoms with Crippen LogP contribution in [-0.2, 0) is 6.42 Å². The highest BCUT2D eigenvalue weighted by Crippen LogP contribution is 2.38. The molecule has 0 aromatic heterocycles. The van der Waals surface area contributed by atoms with Crippen molar-refractivity contribution in [2.45, 2.75) is 65.1 Å². The first-order valence-corrected chi connectivity index (χ1v) is 27.7. The van der Waals surface area contributed by atoms with Crippen molar-refractivity contribution >= 4 is 93.4 Å². The summed E-state index contributed by atoms with van der Waals surface area (Å²) in [5, 5.41) is 20.3. The van der Waals surface area contributed by atoms with Crippen LogP contribution in [0.3, 0.4) is 0 Å². The van der Waals surface area contributed by atoms with Crippen LogP contribution in [0.15, 0.2) is 180 Å². The van der Waals surface area contributed by atoms with Crippen LogP contribution in [0.5, 0.6) is 11.5 Å². The molecule has 0 spiro atoms. The number of rotatable bonds is 18. The Balaban J connectivity index is 0.926. The zero-order valence-electron chi connectivity index (χ0n) is 44.6. The highest BCUT2D eigenvalue weighted by Gasteiger charge is 2.33. The molecule has 4 N–H and O–H groups in total. The summed E-state index contributed by atoms with van der Waals surface area (Å²) in [5.74, 6) is 2.29. The van der Waals surface area contributed by atoms with E-state index in [1.807, 2.05) is 24.3 Å². The van der Waals surface area contributed by atoms with Crippen molar-refractivity contribution in [3.63, 3.8) is 0 Å². The predicted molar refractivity (Wildman–Crippen MR) is 319 cm³/mol. The molecule has 0 saturated carbocycles. The monoisotopic (exact) mass is 1140 g/mol. The molecule has 0 aliphatic carbocycles. The zero-order chi connectivity index (χ0) is 57.5. The number of ether oxygens (including phenoxy) is 2. The topological polar surface area (TPSA) is 176 Å². The van der Waals surface area contributed by atoms with E-state index in [9.17, 15) is 26.3 Å². The van der Waals surface area contributed by atoms with E-state index >= 15 is 0 Å². The molecule has 2 fully saturated rings. The SMILES string of the molecule is CC(C)c1ccc(CC2CS/C(=N/N=C\c3ccc(C(N)=NC=Nc4ccc(OC(F)(F)F)cc4)cc3)N(c3ccccc3C(C)C)C2)cc1N1CCCS/C1=N/N=C\c1ccc(C(N)=NC=Nc2ccc(OC(F)(F)F)cc2)cc1. The minimum atomic E-state index is -4.78. The van der Waals surface area contributed by atoms with Crippen LogP contribution >= 0.6 is 23.5 Å². The fourth-order valence-electron chi connectivity index (χ4n) is 8.63. The molecule has 6 aromatic carbocycles. The van der Waals surface area contributed by atoms with Gasteiger partial charge in [-0.3, -0.25) is 0 Å². The van der Waals surface area contributed by atoms with E-state index in [4.69, 9.17) is 21.7 Å². The lowest BCUT2D eigenvalue weighted by molar-refractivity contribution is -0.275. The van der Waals surface area contributed by atoms with Gasteiger partial charge >= 0.3 is 12.7 Å². The summed E-state index contributed by atoms with van der Waals surface area (Å²) in [6.07, 6.45) is -1.87. The number of halogens is 6. The van der Waals surface area contributed by atoms with Crippen LogP contribution in [0.2, 0.25) is 0 Å². The molecule has 2 heterocycles. The Morgan fingerprint density at radius 2 is 1.10 bits per heavy atom. The lowest BCUT2D eigenvalue weighted by Gasteiger charge is -2.36. The van der Waals surface area contributed by atoms with E-state index in [2.05, 4.69) is 120 Å². The Morgan fingerprint density at radius 3 is 1.60 bits per heavy atom. The number of anilines is 2. The molecule has 0 amide bonds. The number of amidine groups is 4. The first-order chi connectivity index (χ1) is 38.8. The molecule has 420 valence electrons. The van der Waals surface area contributed by atoms with Crippen LogP contribution in [0.1, 0.15) is 84.9 Å². The average molecular weight is 1150 g/mol. The van der Waals surface area contributed by atoms with E-state index in [-0.39, 0.29) is 40.9 Å². The number of aliphatic imine (C=N–C) groups is 4. The molecule has 6 aromatic rings. The van der Waals surface area contributed by atoms with Gasteiger partial charge in [0.05, 0.1) is 23.8 Å². The smallest absolute Gasteiger partial charge is 0.406 e. The van der Waals surface area contributed by atoms with Crippen molar-refractivity contribution in [3.8, 4) is 11.5 Å². The summed E-state index contributed by atoms with van der Waals surface area (Å²) in [6, 6.07) is 40.1. The molecule has 2 aliphatic rings. The average Bonchev–Trinajstić information content (AvgIpc) is 3.62. The summed E-state index contributed by atoms with van der Waals surface area (Å²) in [7, 11) is 0. The van der Waals surface area contributed by atoms with Crippen LogP contribution in [0, 0.1) is 5.92 Å². The Labute approximate surface area is 474 Å². The summed E-state index contributed by atoms with van der Waals surface area (Å²) in [6.45, 7) is 10.3. The van der Waals surface area contributed by atoms with Crippen LogP contribution < -0.4 is 30.7 Å². The molecule has 22 heteroatoms. The molecule has 81 heavy (non-hydrogen) atoms. The van der Waals surface area contributed by atoms with Crippen molar-refractivity contribution in [3.05, 3.63) is 178 Å². The number of alkyl halides is 6. The summed E-state index contributed by atoms with van der Waals surface area (Å²) in [5.41, 5.74) is 22.0. The number of thioether (sulfide) groups is 2. The minimum absolute atomic E-state index is 0.201. The molecule has 1 atom stereocenters. The van der Waals surface area contributed by atoms with E-state index in [0.717, 1.165) is 70.3 Å². The molecule has 2 saturated heterocycles. The standard InChI is InChI=1S/C59H58F6N12O2S2/c1-38(2)50-8-5-6-9-52(50)77-34-43(35-81-57(77)75-73-33-41-12-17-45(18-13-41)55(67)71-37-69-47-21-25-49(26-22-47)79-59(63,64)65)30-42-14-27-51(39(3)4)53(31-42)76-28-7-29-80-56(76)74-72-32-40-10-15-44(16-11-40)54(66)70-36-68-46-19-23-48(24-20-46)78-58(60,61)62/h5-6,8-27,31-33,36-39,43H,7,28-30,34-35H2,1-4H3,(H2,66,68,70)(H2,67,69,71)/b72-32-,73-33-,74-56+,75-57+. The molecule has 0 radical (unpaired) electrons. The molecule has 14 nitrogen and oxygen atoms in total. The van der Waals surface area contributed by atoms with Gasteiger partial charge in [-0.25, -0.2) is 20.0 Å². The zero-order valence-corrected chi connectivity index (χ0v) is 46.2.